The number of nitrogens with one attached hydrogen (secondary N) is 1. The van der Waals surface area contributed by atoms with Gasteiger partial charge in [0.25, 0.3) is 5.91 Å². The Hall–Kier alpha value is -2.57. The van der Waals surface area contributed by atoms with Crippen LogP contribution in [0.15, 0.2) is 60.2 Å². The molecule has 0 fully saturated rings. The Labute approximate surface area is 154 Å². The van der Waals surface area contributed by atoms with Crippen molar-refractivity contribution in [3.8, 4) is 5.69 Å². The number of halogens is 1. The lowest BCUT2D eigenvalue weighted by Gasteiger charge is -2.17. The monoisotopic (exact) mass is 373 g/mol. The van der Waals surface area contributed by atoms with Gasteiger partial charge in [-0.15, -0.1) is 11.3 Å². The van der Waals surface area contributed by atoms with E-state index in [1.54, 1.807) is 31.3 Å². The number of anilines is 1. The second-order valence-electron chi connectivity index (χ2n) is 5.44. The molecule has 0 radical (unpaired) electrons. The minimum Gasteiger partial charge on any atom is -0.332 e. The summed E-state index contributed by atoms with van der Waals surface area (Å²) in [7, 11) is 1.61. The molecule has 0 atom stereocenters. The molecule has 0 spiro atoms. The summed E-state index contributed by atoms with van der Waals surface area (Å²) in [6, 6.07) is 12.5. The Morgan fingerprint density at radius 2 is 1.84 bits per heavy atom. The fourth-order valence-corrected chi connectivity index (χ4v) is 3.37. The smallest absolute Gasteiger partial charge is 0.266 e. The van der Waals surface area contributed by atoms with Gasteiger partial charge in [0.1, 0.15) is 4.88 Å². The van der Waals surface area contributed by atoms with E-state index in [1.165, 1.54) is 16.2 Å². The zero-order valence-corrected chi connectivity index (χ0v) is 15.1. The first-order valence-electron chi connectivity index (χ1n) is 7.56. The van der Waals surface area contributed by atoms with Gasteiger partial charge in [-0.2, -0.15) is 0 Å². The summed E-state index contributed by atoms with van der Waals surface area (Å²) in [6.45, 7) is -0.0372. The van der Waals surface area contributed by atoms with Crippen molar-refractivity contribution < 1.29 is 9.59 Å². The van der Waals surface area contributed by atoms with E-state index in [-0.39, 0.29) is 18.4 Å². The van der Waals surface area contributed by atoms with Gasteiger partial charge in [0.05, 0.1) is 12.2 Å². The molecule has 25 heavy (non-hydrogen) atoms. The Morgan fingerprint density at radius 1 is 1.16 bits per heavy atom. The number of amides is 2. The lowest BCUT2D eigenvalue weighted by Crippen LogP contribution is -2.34. The van der Waals surface area contributed by atoms with Crippen LogP contribution < -0.4 is 5.32 Å². The molecule has 2 heterocycles. The Kier molecular flexibility index (Phi) is 5.21. The van der Waals surface area contributed by atoms with Crippen molar-refractivity contribution in [2.75, 3.05) is 18.9 Å². The van der Waals surface area contributed by atoms with Gasteiger partial charge in [0.15, 0.2) is 0 Å². The molecule has 3 aromatic rings. The third-order valence-corrected chi connectivity index (χ3v) is 4.72. The Morgan fingerprint density at radius 3 is 2.52 bits per heavy atom. The van der Waals surface area contributed by atoms with Gasteiger partial charge in [0, 0.05) is 30.2 Å². The standard InChI is InChI=1S/C18H16ClN3O2S/c1-21(12-16(23)20-14-6-4-13(19)5-7-14)18(24)17-15(8-11-25-17)22-9-2-3-10-22/h2-11H,12H2,1H3,(H,20,23). The van der Waals surface area contributed by atoms with Crippen molar-refractivity contribution in [3.05, 3.63) is 70.1 Å². The number of nitrogens with zero attached hydrogens (tertiary/aromatic N) is 2. The molecule has 5 nitrogen and oxygen atoms in total. The van der Waals surface area contributed by atoms with Crippen molar-refractivity contribution in [3.63, 3.8) is 0 Å². The number of carbonyl (C=O) groups excluding carboxylic acids is 2. The van der Waals surface area contributed by atoms with Crippen LogP contribution in [0.5, 0.6) is 0 Å². The summed E-state index contributed by atoms with van der Waals surface area (Å²) in [5, 5.41) is 5.21. The maximum Gasteiger partial charge on any atom is 0.266 e. The average molecular weight is 374 g/mol. The van der Waals surface area contributed by atoms with E-state index in [0.29, 0.717) is 15.6 Å². The van der Waals surface area contributed by atoms with Crippen LogP contribution in [0.25, 0.3) is 5.69 Å². The van der Waals surface area contributed by atoms with E-state index in [1.807, 2.05) is 40.5 Å². The molecule has 0 saturated carbocycles. The zero-order chi connectivity index (χ0) is 17.8. The molecule has 2 amide bonds. The highest BCUT2D eigenvalue weighted by Gasteiger charge is 2.20. The summed E-state index contributed by atoms with van der Waals surface area (Å²) in [4.78, 5) is 26.8. The molecule has 2 aromatic heterocycles. The second-order valence-corrected chi connectivity index (χ2v) is 6.79. The van der Waals surface area contributed by atoms with Crippen LogP contribution in [0.3, 0.4) is 0 Å². The highest BCUT2D eigenvalue weighted by Crippen LogP contribution is 2.22. The van der Waals surface area contributed by atoms with Crippen molar-refractivity contribution in [1.29, 1.82) is 0 Å². The summed E-state index contributed by atoms with van der Waals surface area (Å²) in [5.41, 5.74) is 1.45. The highest BCUT2D eigenvalue weighted by molar-refractivity contribution is 7.12. The minimum atomic E-state index is -0.266. The first kappa shape index (κ1) is 17.3. The number of carbonyl (C=O) groups is 2. The zero-order valence-electron chi connectivity index (χ0n) is 13.5. The first-order chi connectivity index (χ1) is 12.0. The minimum absolute atomic E-state index is 0.0372. The summed E-state index contributed by atoms with van der Waals surface area (Å²) in [5.74, 6) is -0.456. The maximum absolute atomic E-state index is 12.7. The van der Waals surface area contributed by atoms with Crippen LogP contribution in [0.2, 0.25) is 5.02 Å². The van der Waals surface area contributed by atoms with E-state index in [4.69, 9.17) is 11.6 Å². The molecule has 1 aromatic carbocycles. The van der Waals surface area contributed by atoms with Gasteiger partial charge in [-0.3, -0.25) is 9.59 Å². The SMILES string of the molecule is CN(CC(=O)Nc1ccc(Cl)cc1)C(=O)c1sccc1-n1cccc1. The van der Waals surface area contributed by atoms with Crippen LogP contribution in [-0.4, -0.2) is 34.9 Å². The lowest BCUT2D eigenvalue weighted by atomic mass is 10.3. The van der Waals surface area contributed by atoms with Gasteiger partial charge < -0.3 is 14.8 Å². The molecule has 128 valence electrons. The fourth-order valence-electron chi connectivity index (χ4n) is 2.36. The highest BCUT2D eigenvalue weighted by atomic mass is 35.5. The third kappa shape index (κ3) is 4.10. The normalized spacial score (nSPS) is 10.5. The van der Waals surface area contributed by atoms with Crippen LogP contribution in [0, 0.1) is 0 Å². The lowest BCUT2D eigenvalue weighted by molar-refractivity contribution is -0.116. The first-order valence-corrected chi connectivity index (χ1v) is 8.82. The Bertz CT molecular complexity index is 872. The van der Waals surface area contributed by atoms with Crippen molar-refractivity contribution in [2.24, 2.45) is 0 Å². The maximum atomic E-state index is 12.7. The van der Waals surface area contributed by atoms with Crippen molar-refractivity contribution in [2.45, 2.75) is 0 Å². The Balaban J connectivity index is 1.66. The molecule has 0 bridgehead atoms. The van der Waals surface area contributed by atoms with Crippen molar-refractivity contribution >= 4 is 40.4 Å². The molecule has 0 aliphatic heterocycles. The molecule has 3 rings (SSSR count). The van der Waals surface area contributed by atoms with E-state index in [0.717, 1.165) is 5.69 Å². The number of benzene rings is 1. The van der Waals surface area contributed by atoms with E-state index < -0.39 is 0 Å². The summed E-state index contributed by atoms with van der Waals surface area (Å²) in [6.07, 6.45) is 3.76. The molecule has 1 N–H and O–H groups in total. The van der Waals surface area contributed by atoms with E-state index in [9.17, 15) is 9.59 Å². The van der Waals surface area contributed by atoms with Gasteiger partial charge in [0.2, 0.25) is 5.91 Å². The van der Waals surface area contributed by atoms with Crippen LogP contribution in [-0.2, 0) is 4.79 Å². The van der Waals surface area contributed by atoms with E-state index >= 15 is 0 Å². The molecular formula is C18H16ClN3O2S. The predicted octanol–water partition coefficient (Wildman–Crippen LogP) is 3.90. The number of thiophene rings is 1. The molecule has 0 aliphatic rings. The molecule has 0 unspecified atom stereocenters. The number of rotatable bonds is 5. The topological polar surface area (TPSA) is 54.3 Å². The third-order valence-electron chi connectivity index (χ3n) is 3.58. The predicted molar refractivity (Wildman–Crippen MR) is 101 cm³/mol. The van der Waals surface area contributed by atoms with Crippen molar-refractivity contribution in [1.82, 2.24) is 9.47 Å². The quantitative estimate of drug-likeness (QED) is 0.737. The van der Waals surface area contributed by atoms with Crippen LogP contribution in [0.1, 0.15) is 9.67 Å². The van der Waals surface area contributed by atoms with Crippen LogP contribution in [0.4, 0.5) is 5.69 Å². The number of likely N-dealkylation sites (N-methyl/N-ethyl adjacent to an activating group) is 1. The largest absolute Gasteiger partial charge is 0.332 e. The second kappa shape index (κ2) is 7.55. The molecule has 0 saturated heterocycles. The van der Waals surface area contributed by atoms with Crippen LogP contribution >= 0.6 is 22.9 Å². The number of hydrogen-bond donors (Lipinski definition) is 1. The van der Waals surface area contributed by atoms with Gasteiger partial charge in [-0.25, -0.2) is 0 Å². The van der Waals surface area contributed by atoms with E-state index in [2.05, 4.69) is 5.32 Å². The number of hydrogen-bond acceptors (Lipinski definition) is 3. The molecular weight excluding hydrogens is 358 g/mol. The fraction of sp³-hybridized carbons (Fsp3) is 0.111. The number of aromatic nitrogens is 1. The summed E-state index contributed by atoms with van der Waals surface area (Å²) < 4.78 is 1.88. The molecule has 0 aliphatic carbocycles. The van der Waals surface area contributed by atoms with Gasteiger partial charge in [-0.1, -0.05) is 11.6 Å². The average Bonchev–Trinajstić information content (AvgIpc) is 3.26. The van der Waals surface area contributed by atoms with Gasteiger partial charge in [-0.05, 0) is 47.8 Å². The molecule has 7 heteroatoms. The van der Waals surface area contributed by atoms with Gasteiger partial charge >= 0.3 is 0 Å². The summed E-state index contributed by atoms with van der Waals surface area (Å²) >= 11 is 7.18.